The molecule has 0 bridgehead atoms. The number of carbonyl (C=O) groups excluding carboxylic acids is 1. The molecule has 1 aromatic heterocycles. The normalized spacial score (nSPS) is 9.75. The Morgan fingerprint density at radius 1 is 1.45 bits per heavy atom. The number of halogens is 2. The van der Waals surface area contributed by atoms with Gasteiger partial charge in [0.2, 0.25) is 0 Å². The first kappa shape index (κ1) is 14.7. The molecule has 6 heteroatoms. The Morgan fingerprint density at radius 2 is 2.25 bits per heavy atom. The second-order valence-electron chi connectivity index (χ2n) is 3.74. The minimum absolute atomic E-state index is 0.300. The van der Waals surface area contributed by atoms with Gasteiger partial charge in [-0.1, -0.05) is 11.8 Å². The van der Waals surface area contributed by atoms with Crippen molar-refractivity contribution >= 4 is 38.9 Å². The molecule has 102 valence electrons. The van der Waals surface area contributed by atoms with Crippen molar-refractivity contribution in [3.63, 3.8) is 0 Å². The van der Waals surface area contributed by atoms with Gasteiger partial charge in [-0.3, -0.25) is 4.79 Å². The van der Waals surface area contributed by atoms with E-state index in [1.165, 1.54) is 29.5 Å². The van der Waals surface area contributed by atoms with E-state index in [4.69, 9.17) is 5.11 Å². The molecule has 2 aromatic rings. The molecule has 2 N–H and O–H groups in total. The molecular formula is C14H9BrFNO2S. The van der Waals surface area contributed by atoms with Gasteiger partial charge in [0.25, 0.3) is 5.91 Å². The zero-order chi connectivity index (χ0) is 14.5. The molecule has 20 heavy (non-hydrogen) atoms. The van der Waals surface area contributed by atoms with E-state index < -0.39 is 5.82 Å². The number of hydrogen-bond acceptors (Lipinski definition) is 3. The number of hydrogen-bond donors (Lipinski definition) is 2. The van der Waals surface area contributed by atoms with Crippen LogP contribution in [0.15, 0.2) is 33.4 Å². The maximum atomic E-state index is 13.2. The molecule has 0 saturated heterocycles. The van der Waals surface area contributed by atoms with Crippen LogP contribution in [0, 0.1) is 17.7 Å². The molecule has 0 aliphatic rings. The number of nitrogens with one attached hydrogen (secondary N) is 1. The monoisotopic (exact) mass is 353 g/mol. The summed E-state index contributed by atoms with van der Waals surface area (Å²) < 4.78 is 14.0. The minimum atomic E-state index is -0.455. The van der Waals surface area contributed by atoms with Crippen molar-refractivity contribution in [1.82, 2.24) is 0 Å². The summed E-state index contributed by atoms with van der Waals surface area (Å²) in [5, 5.41) is 13.1. The number of anilines is 1. The number of benzene rings is 1. The lowest BCUT2D eigenvalue weighted by Crippen LogP contribution is -2.12. The molecule has 0 radical (unpaired) electrons. The highest BCUT2D eigenvalue weighted by atomic mass is 79.9. The van der Waals surface area contributed by atoms with E-state index in [1.807, 2.05) is 0 Å². The number of amides is 1. The fraction of sp³-hybridized carbons (Fsp3) is 0.0714. The molecule has 2 rings (SSSR count). The van der Waals surface area contributed by atoms with Crippen LogP contribution < -0.4 is 5.32 Å². The third-order valence-corrected chi connectivity index (χ3v) is 3.87. The first-order chi connectivity index (χ1) is 9.60. The van der Waals surface area contributed by atoms with E-state index in [9.17, 15) is 9.18 Å². The summed E-state index contributed by atoms with van der Waals surface area (Å²) in [7, 11) is 0. The van der Waals surface area contributed by atoms with Crippen LogP contribution in [0.5, 0.6) is 0 Å². The Balaban J connectivity index is 2.26. The molecule has 0 atom stereocenters. The average Bonchev–Trinajstić information content (AvgIpc) is 2.85. The Labute approximate surface area is 127 Å². The van der Waals surface area contributed by atoms with Crippen molar-refractivity contribution in [2.45, 2.75) is 0 Å². The zero-order valence-corrected chi connectivity index (χ0v) is 12.5. The summed E-state index contributed by atoms with van der Waals surface area (Å²) in [6, 6.07) is 5.59. The third-order valence-electron chi connectivity index (χ3n) is 2.36. The van der Waals surface area contributed by atoms with Gasteiger partial charge >= 0.3 is 0 Å². The highest BCUT2D eigenvalue weighted by Crippen LogP contribution is 2.22. The maximum Gasteiger partial charge on any atom is 0.256 e. The second-order valence-corrected chi connectivity index (χ2v) is 6.03. The summed E-state index contributed by atoms with van der Waals surface area (Å²) in [6.07, 6.45) is 0. The van der Waals surface area contributed by atoms with Gasteiger partial charge in [0.1, 0.15) is 12.4 Å². The molecule has 1 amide bonds. The fourth-order valence-corrected chi connectivity index (χ4v) is 2.62. The first-order valence-corrected chi connectivity index (χ1v) is 7.22. The fourth-order valence-electron chi connectivity index (χ4n) is 1.49. The molecule has 0 aliphatic heterocycles. The van der Waals surface area contributed by atoms with E-state index in [1.54, 1.807) is 11.4 Å². The molecule has 0 fully saturated rings. The van der Waals surface area contributed by atoms with Gasteiger partial charge in [0.15, 0.2) is 0 Å². The van der Waals surface area contributed by atoms with Gasteiger partial charge in [-0.05, 0) is 40.2 Å². The number of rotatable bonds is 2. The lowest BCUT2D eigenvalue weighted by Gasteiger charge is -2.06. The van der Waals surface area contributed by atoms with Gasteiger partial charge < -0.3 is 10.4 Å². The lowest BCUT2D eigenvalue weighted by molar-refractivity contribution is 0.102. The van der Waals surface area contributed by atoms with Crippen LogP contribution in [0.2, 0.25) is 0 Å². The predicted molar refractivity (Wildman–Crippen MR) is 80.3 cm³/mol. The Hall–Kier alpha value is -1.68. The number of carbonyl (C=O) groups is 1. The summed E-state index contributed by atoms with van der Waals surface area (Å²) in [5.74, 6) is 4.28. The Morgan fingerprint density at radius 3 is 2.90 bits per heavy atom. The van der Waals surface area contributed by atoms with E-state index >= 15 is 0 Å². The Kier molecular flexibility index (Phi) is 4.90. The van der Waals surface area contributed by atoms with E-state index in [0.717, 1.165) is 3.79 Å². The molecule has 0 unspecified atom stereocenters. The standard InChI is InChI=1S/C14H9BrFNO2S/c15-13-7-10(8-20-13)14(19)17-12-4-3-11(16)6-9(12)2-1-5-18/h3-4,6-8,18H,5H2,(H,17,19). The van der Waals surface area contributed by atoms with Crippen LogP contribution in [-0.4, -0.2) is 17.6 Å². The largest absolute Gasteiger partial charge is 0.384 e. The molecule has 1 aromatic carbocycles. The van der Waals surface area contributed by atoms with Gasteiger partial charge in [0, 0.05) is 5.38 Å². The van der Waals surface area contributed by atoms with Crippen molar-refractivity contribution in [2.75, 3.05) is 11.9 Å². The van der Waals surface area contributed by atoms with E-state index in [-0.39, 0.29) is 12.5 Å². The molecule has 1 heterocycles. The van der Waals surface area contributed by atoms with Crippen LogP contribution in [-0.2, 0) is 0 Å². The van der Waals surface area contributed by atoms with Crippen LogP contribution in [0.25, 0.3) is 0 Å². The van der Waals surface area contributed by atoms with Crippen LogP contribution in [0.3, 0.4) is 0 Å². The average molecular weight is 354 g/mol. The van der Waals surface area contributed by atoms with Crippen molar-refractivity contribution in [3.8, 4) is 11.8 Å². The number of thiophene rings is 1. The predicted octanol–water partition coefficient (Wildman–Crippen LogP) is 3.25. The van der Waals surface area contributed by atoms with E-state index in [2.05, 4.69) is 33.1 Å². The highest BCUT2D eigenvalue weighted by molar-refractivity contribution is 9.11. The summed E-state index contributed by atoms with van der Waals surface area (Å²) in [4.78, 5) is 12.0. The first-order valence-electron chi connectivity index (χ1n) is 5.55. The van der Waals surface area contributed by atoms with Crippen molar-refractivity contribution in [3.05, 3.63) is 50.4 Å². The topological polar surface area (TPSA) is 49.3 Å². The maximum absolute atomic E-state index is 13.2. The molecule has 3 nitrogen and oxygen atoms in total. The van der Waals surface area contributed by atoms with Gasteiger partial charge in [-0.25, -0.2) is 4.39 Å². The summed E-state index contributed by atoms with van der Waals surface area (Å²) >= 11 is 4.68. The van der Waals surface area contributed by atoms with Crippen molar-refractivity contribution in [1.29, 1.82) is 0 Å². The molecule has 0 saturated carbocycles. The van der Waals surface area contributed by atoms with Gasteiger partial charge in [-0.2, -0.15) is 0 Å². The van der Waals surface area contributed by atoms with Gasteiger partial charge in [0.05, 0.1) is 20.6 Å². The van der Waals surface area contributed by atoms with Crippen molar-refractivity contribution < 1.29 is 14.3 Å². The van der Waals surface area contributed by atoms with E-state index in [0.29, 0.717) is 16.8 Å². The highest BCUT2D eigenvalue weighted by Gasteiger charge is 2.10. The molecule has 0 spiro atoms. The summed E-state index contributed by atoms with van der Waals surface area (Å²) in [5.41, 5.74) is 1.23. The third kappa shape index (κ3) is 3.67. The van der Waals surface area contributed by atoms with Crippen molar-refractivity contribution in [2.24, 2.45) is 0 Å². The number of aliphatic hydroxyl groups is 1. The Bertz CT molecular complexity index is 703. The molecular weight excluding hydrogens is 345 g/mol. The van der Waals surface area contributed by atoms with Crippen LogP contribution in [0.1, 0.15) is 15.9 Å². The quantitative estimate of drug-likeness (QED) is 0.814. The second kappa shape index (κ2) is 6.66. The SMILES string of the molecule is O=C(Nc1ccc(F)cc1C#CCO)c1csc(Br)c1. The zero-order valence-electron chi connectivity index (χ0n) is 10.1. The lowest BCUT2D eigenvalue weighted by atomic mass is 10.1. The minimum Gasteiger partial charge on any atom is -0.384 e. The number of aliphatic hydroxyl groups excluding tert-OH is 1. The summed E-state index contributed by atoms with van der Waals surface area (Å²) in [6.45, 7) is -0.332. The smallest absolute Gasteiger partial charge is 0.256 e. The van der Waals surface area contributed by atoms with Crippen LogP contribution >= 0.6 is 27.3 Å². The van der Waals surface area contributed by atoms with Crippen LogP contribution in [0.4, 0.5) is 10.1 Å². The van der Waals surface area contributed by atoms with Gasteiger partial charge in [-0.15, -0.1) is 11.3 Å². The molecule has 0 aliphatic carbocycles.